The average Bonchev–Trinajstić information content (AvgIpc) is 3.46. The van der Waals surface area contributed by atoms with Crippen molar-refractivity contribution in [3.63, 3.8) is 0 Å². The molecule has 0 unspecified atom stereocenters. The molecule has 1 N–H and O–H groups in total. The normalized spacial score (nSPS) is 16.0. The first-order valence-corrected chi connectivity index (χ1v) is 15.2. The summed E-state index contributed by atoms with van der Waals surface area (Å²) in [5, 5.41) is 2.88. The van der Waals surface area contributed by atoms with E-state index in [2.05, 4.69) is 35.3 Å². The molecule has 6 nitrogen and oxygen atoms in total. The van der Waals surface area contributed by atoms with Gasteiger partial charge in [0.05, 0.1) is 11.3 Å². The van der Waals surface area contributed by atoms with Gasteiger partial charge < -0.3 is 10.2 Å². The average molecular weight is 532 g/mol. The molecule has 0 atom stereocenters. The van der Waals surface area contributed by atoms with E-state index in [1.807, 2.05) is 30.3 Å². The number of anilines is 2. The van der Waals surface area contributed by atoms with E-state index in [0.29, 0.717) is 12.2 Å². The third-order valence-electron chi connectivity index (χ3n) is 7.76. The first-order valence-electron chi connectivity index (χ1n) is 13.8. The van der Waals surface area contributed by atoms with Crippen molar-refractivity contribution in [3.8, 4) is 0 Å². The topological polar surface area (TPSA) is 69.7 Å². The number of carbonyl (C=O) groups is 1. The lowest BCUT2D eigenvalue weighted by atomic mass is 9.99. The Labute approximate surface area is 226 Å². The maximum atomic E-state index is 13.9. The number of sulfonamides is 1. The lowest BCUT2D eigenvalue weighted by Crippen LogP contribution is -2.38. The molecule has 1 saturated carbocycles. The van der Waals surface area contributed by atoms with Crippen LogP contribution in [0.5, 0.6) is 0 Å². The second kappa shape index (κ2) is 11.7. The van der Waals surface area contributed by atoms with Gasteiger partial charge in [-0.1, -0.05) is 55.3 Å². The summed E-state index contributed by atoms with van der Waals surface area (Å²) in [6.07, 6.45) is 6.32. The molecular formula is C31H37N3O3S. The molecule has 7 heteroatoms. The van der Waals surface area contributed by atoms with Gasteiger partial charge in [0.15, 0.2) is 0 Å². The number of aryl methyl sites for hydroxylation is 1. The summed E-state index contributed by atoms with van der Waals surface area (Å²) in [5.74, 6) is -0.131. The molecule has 3 aromatic carbocycles. The second-order valence-corrected chi connectivity index (χ2v) is 12.3. The Hall–Kier alpha value is -3.16. The summed E-state index contributed by atoms with van der Waals surface area (Å²) in [6.45, 7) is 4.62. The van der Waals surface area contributed by atoms with Crippen molar-refractivity contribution in [2.45, 2.75) is 69.4 Å². The number of nitrogens with one attached hydrogen (secondary N) is 1. The Morgan fingerprint density at radius 1 is 0.947 bits per heavy atom. The highest BCUT2D eigenvalue weighted by atomic mass is 32.2. The van der Waals surface area contributed by atoms with Crippen LogP contribution in [0.25, 0.3) is 0 Å². The van der Waals surface area contributed by atoms with Crippen molar-refractivity contribution in [1.82, 2.24) is 4.31 Å². The molecule has 200 valence electrons. The summed E-state index contributed by atoms with van der Waals surface area (Å²) in [5.41, 5.74) is 5.16. The van der Waals surface area contributed by atoms with Crippen LogP contribution in [0.3, 0.4) is 0 Å². The Morgan fingerprint density at radius 2 is 1.68 bits per heavy atom. The van der Waals surface area contributed by atoms with E-state index in [1.165, 1.54) is 11.3 Å². The predicted molar refractivity (Wildman–Crippen MR) is 153 cm³/mol. The molecule has 0 saturated heterocycles. The van der Waals surface area contributed by atoms with Crippen molar-refractivity contribution >= 4 is 27.3 Å². The molecule has 0 radical (unpaired) electrons. The maximum absolute atomic E-state index is 13.9. The molecule has 2 aliphatic rings. The summed E-state index contributed by atoms with van der Waals surface area (Å²) in [6, 6.07) is 22.6. The fourth-order valence-corrected chi connectivity index (χ4v) is 7.44. The molecule has 0 spiro atoms. The molecule has 0 aromatic heterocycles. The van der Waals surface area contributed by atoms with Crippen LogP contribution in [-0.2, 0) is 34.2 Å². The highest BCUT2D eigenvalue weighted by Crippen LogP contribution is 2.33. The van der Waals surface area contributed by atoms with Crippen LogP contribution in [0.15, 0.2) is 77.7 Å². The van der Waals surface area contributed by atoms with Crippen LogP contribution in [0.4, 0.5) is 11.4 Å². The lowest BCUT2D eigenvalue weighted by molar-refractivity contribution is -0.115. The van der Waals surface area contributed by atoms with Crippen LogP contribution in [0.1, 0.15) is 55.7 Å². The summed E-state index contributed by atoms with van der Waals surface area (Å²) < 4.78 is 29.5. The first kappa shape index (κ1) is 26.4. The zero-order valence-corrected chi connectivity index (χ0v) is 22.9. The minimum absolute atomic E-state index is 0.00780. The largest absolute Gasteiger partial charge is 0.372 e. The Kier molecular flexibility index (Phi) is 8.15. The molecule has 1 aliphatic heterocycles. The third kappa shape index (κ3) is 5.94. The van der Waals surface area contributed by atoms with Crippen LogP contribution < -0.4 is 10.2 Å². The van der Waals surface area contributed by atoms with Crippen LogP contribution in [0, 0.1) is 0 Å². The molecule has 1 amide bonds. The van der Waals surface area contributed by atoms with E-state index < -0.39 is 10.0 Å². The number of amides is 1. The van der Waals surface area contributed by atoms with Gasteiger partial charge in [0.1, 0.15) is 0 Å². The van der Waals surface area contributed by atoms with Gasteiger partial charge in [-0.3, -0.25) is 4.79 Å². The molecular weight excluding hydrogens is 494 g/mol. The fraction of sp³-hybridized carbons (Fsp3) is 0.387. The molecule has 1 aliphatic carbocycles. The molecule has 38 heavy (non-hydrogen) atoms. The zero-order chi connectivity index (χ0) is 26.5. The van der Waals surface area contributed by atoms with Gasteiger partial charge in [0.25, 0.3) is 0 Å². The van der Waals surface area contributed by atoms with Crippen molar-refractivity contribution in [2.75, 3.05) is 23.3 Å². The standard InChI is InChI=1S/C31H37N3O3S/c1-2-33-20-8-11-26-21-25(14-19-30(26)33)23-34(28-12-6-7-13-28)38(36,37)29-17-15-27(16-18-29)32-31(35)22-24-9-4-3-5-10-24/h3-5,9-10,14-19,21,28H,2,6-8,11-13,20,22-23H2,1H3,(H,32,35). The van der Waals surface area contributed by atoms with Crippen LogP contribution in [0.2, 0.25) is 0 Å². The van der Waals surface area contributed by atoms with Crippen LogP contribution in [-0.4, -0.2) is 37.8 Å². The van der Waals surface area contributed by atoms with Gasteiger partial charge in [-0.2, -0.15) is 4.31 Å². The number of hydrogen-bond acceptors (Lipinski definition) is 4. The Balaban J connectivity index is 1.33. The maximum Gasteiger partial charge on any atom is 0.243 e. The fourth-order valence-electron chi connectivity index (χ4n) is 5.77. The lowest BCUT2D eigenvalue weighted by Gasteiger charge is -2.32. The smallest absolute Gasteiger partial charge is 0.243 e. The molecule has 1 fully saturated rings. The van der Waals surface area contributed by atoms with E-state index in [1.54, 1.807) is 28.6 Å². The van der Waals surface area contributed by atoms with Gasteiger partial charge in [-0.25, -0.2) is 8.42 Å². The van der Waals surface area contributed by atoms with E-state index in [-0.39, 0.29) is 23.3 Å². The number of carbonyl (C=O) groups excluding carboxylic acids is 1. The first-order chi connectivity index (χ1) is 18.4. The monoisotopic (exact) mass is 531 g/mol. The molecule has 1 heterocycles. The predicted octanol–water partition coefficient (Wildman–Crippen LogP) is 5.77. The second-order valence-electron chi connectivity index (χ2n) is 10.4. The molecule has 3 aromatic rings. The molecule has 5 rings (SSSR count). The van der Waals surface area contributed by atoms with Crippen molar-refractivity contribution in [2.24, 2.45) is 0 Å². The highest BCUT2D eigenvalue weighted by molar-refractivity contribution is 7.89. The summed E-state index contributed by atoms with van der Waals surface area (Å²) in [4.78, 5) is 15.1. The third-order valence-corrected chi connectivity index (χ3v) is 9.68. The summed E-state index contributed by atoms with van der Waals surface area (Å²) in [7, 11) is -3.70. The number of hydrogen-bond donors (Lipinski definition) is 1. The van der Waals surface area contributed by atoms with Crippen molar-refractivity contribution in [3.05, 3.63) is 89.5 Å². The van der Waals surface area contributed by atoms with Gasteiger partial charge in [0, 0.05) is 37.1 Å². The summed E-state index contributed by atoms with van der Waals surface area (Å²) >= 11 is 0. The number of fused-ring (bicyclic) bond motifs is 1. The van der Waals surface area contributed by atoms with Gasteiger partial charge in [0.2, 0.25) is 15.9 Å². The van der Waals surface area contributed by atoms with E-state index >= 15 is 0 Å². The van der Waals surface area contributed by atoms with E-state index in [9.17, 15) is 13.2 Å². The van der Waals surface area contributed by atoms with Crippen molar-refractivity contribution in [1.29, 1.82) is 0 Å². The highest BCUT2D eigenvalue weighted by Gasteiger charge is 2.33. The van der Waals surface area contributed by atoms with Gasteiger partial charge in [-0.15, -0.1) is 0 Å². The minimum Gasteiger partial charge on any atom is -0.372 e. The van der Waals surface area contributed by atoms with E-state index in [4.69, 9.17) is 0 Å². The Bertz CT molecular complexity index is 1350. The van der Waals surface area contributed by atoms with Crippen molar-refractivity contribution < 1.29 is 13.2 Å². The van der Waals surface area contributed by atoms with Crippen LogP contribution >= 0.6 is 0 Å². The van der Waals surface area contributed by atoms with E-state index in [0.717, 1.165) is 62.7 Å². The number of rotatable bonds is 9. The quantitative estimate of drug-likeness (QED) is 0.380. The molecule has 0 bridgehead atoms. The van der Waals surface area contributed by atoms with Gasteiger partial charge >= 0.3 is 0 Å². The SMILES string of the molecule is CCN1CCCc2cc(CN(C3CCCC3)S(=O)(=O)c3ccc(NC(=O)Cc4ccccc4)cc3)ccc21. The minimum atomic E-state index is -3.70. The van der Waals surface area contributed by atoms with Gasteiger partial charge in [-0.05, 0) is 79.6 Å². The zero-order valence-electron chi connectivity index (χ0n) is 22.1. The number of nitrogens with zero attached hydrogens (tertiary/aromatic N) is 2. The number of benzene rings is 3. The Morgan fingerprint density at radius 3 is 2.39 bits per heavy atom.